The minimum atomic E-state index is -0.477. The molecule has 4 heteroatoms. The highest BCUT2D eigenvalue weighted by Crippen LogP contribution is 2.34. The number of nitrogens with one attached hydrogen (secondary N) is 1. The van der Waals surface area contributed by atoms with Gasteiger partial charge in [-0.1, -0.05) is 0 Å². The van der Waals surface area contributed by atoms with Crippen LogP contribution in [0.2, 0.25) is 0 Å². The molecule has 1 aliphatic carbocycles. The molecule has 1 aliphatic rings. The SMILES string of the molecule is CC(C)(N)CC(=O)NC1(CO)CC1. The highest BCUT2D eigenvalue weighted by atomic mass is 16.3. The highest BCUT2D eigenvalue weighted by Gasteiger charge is 2.43. The van der Waals surface area contributed by atoms with Gasteiger partial charge in [0.05, 0.1) is 12.1 Å². The van der Waals surface area contributed by atoms with Gasteiger partial charge in [-0.25, -0.2) is 0 Å². The fourth-order valence-electron chi connectivity index (χ4n) is 1.23. The zero-order valence-corrected chi connectivity index (χ0v) is 8.26. The quantitative estimate of drug-likeness (QED) is 0.567. The van der Waals surface area contributed by atoms with Crippen molar-refractivity contribution in [3.05, 3.63) is 0 Å². The van der Waals surface area contributed by atoms with Crippen LogP contribution in [0.3, 0.4) is 0 Å². The minimum Gasteiger partial charge on any atom is -0.394 e. The van der Waals surface area contributed by atoms with Crippen molar-refractivity contribution in [2.75, 3.05) is 6.61 Å². The molecule has 1 rings (SSSR count). The number of rotatable bonds is 4. The first-order valence-corrected chi connectivity index (χ1v) is 4.58. The maximum atomic E-state index is 11.4. The number of nitrogens with two attached hydrogens (primary N) is 1. The lowest BCUT2D eigenvalue weighted by atomic mass is 10.0. The Hall–Kier alpha value is -0.610. The van der Waals surface area contributed by atoms with Crippen molar-refractivity contribution in [1.29, 1.82) is 0 Å². The summed E-state index contributed by atoms with van der Waals surface area (Å²) in [6.45, 7) is 3.65. The third-order valence-electron chi connectivity index (χ3n) is 2.18. The van der Waals surface area contributed by atoms with Gasteiger partial charge in [0.1, 0.15) is 0 Å². The van der Waals surface area contributed by atoms with Crippen LogP contribution in [0.5, 0.6) is 0 Å². The maximum absolute atomic E-state index is 11.4. The van der Waals surface area contributed by atoms with Crippen molar-refractivity contribution in [1.82, 2.24) is 5.32 Å². The van der Waals surface area contributed by atoms with Gasteiger partial charge in [0.2, 0.25) is 5.91 Å². The predicted molar refractivity (Wildman–Crippen MR) is 50.1 cm³/mol. The van der Waals surface area contributed by atoms with Crippen molar-refractivity contribution in [2.45, 2.75) is 44.2 Å². The van der Waals surface area contributed by atoms with Gasteiger partial charge in [0.15, 0.2) is 0 Å². The van der Waals surface area contributed by atoms with E-state index >= 15 is 0 Å². The third kappa shape index (κ3) is 3.32. The van der Waals surface area contributed by atoms with E-state index < -0.39 is 5.54 Å². The van der Waals surface area contributed by atoms with E-state index in [2.05, 4.69) is 5.32 Å². The molecule has 0 spiro atoms. The van der Waals surface area contributed by atoms with Gasteiger partial charge in [0.25, 0.3) is 0 Å². The molecular formula is C9H18N2O2. The van der Waals surface area contributed by atoms with Crippen LogP contribution in [0.25, 0.3) is 0 Å². The third-order valence-corrected chi connectivity index (χ3v) is 2.18. The topological polar surface area (TPSA) is 75.4 Å². The molecule has 4 N–H and O–H groups in total. The molecule has 0 atom stereocenters. The molecule has 0 unspecified atom stereocenters. The summed E-state index contributed by atoms with van der Waals surface area (Å²) in [5.74, 6) is -0.0703. The molecule has 0 aromatic carbocycles. The van der Waals surface area contributed by atoms with Gasteiger partial charge in [0, 0.05) is 12.0 Å². The maximum Gasteiger partial charge on any atom is 0.222 e. The van der Waals surface area contributed by atoms with Gasteiger partial charge in [-0.2, -0.15) is 0 Å². The predicted octanol–water partition coefficient (Wildman–Crippen LogP) is -0.245. The highest BCUT2D eigenvalue weighted by molar-refractivity contribution is 5.78. The summed E-state index contributed by atoms with van der Waals surface area (Å²) in [6.07, 6.45) is 2.05. The Bertz CT molecular complexity index is 204. The molecule has 0 radical (unpaired) electrons. The van der Waals surface area contributed by atoms with E-state index in [0.717, 1.165) is 12.8 Å². The van der Waals surface area contributed by atoms with Crippen LogP contribution < -0.4 is 11.1 Å². The van der Waals surface area contributed by atoms with Crippen molar-refractivity contribution in [3.8, 4) is 0 Å². The lowest BCUT2D eigenvalue weighted by molar-refractivity contribution is -0.123. The van der Waals surface area contributed by atoms with Crippen molar-refractivity contribution in [2.24, 2.45) is 5.73 Å². The van der Waals surface area contributed by atoms with Crippen LogP contribution in [-0.4, -0.2) is 28.7 Å². The first-order valence-electron chi connectivity index (χ1n) is 4.58. The van der Waals surface area contributed by atoms with Gasteiger partial charge in [-0.15, -0.1) is 0 Å². The number of carbonyl (C=O) groups is 1. The number of hydrogen-bond acceptors (Lipinski definition) is 3. The van der Waals surface area contributed by atoms with Crippen LogP contribution in [0, 0.1) is 0 Å². The summed E-state index contributed by atoms with van der Waals surface area (Å²) in [7, 11) is 0. The summed E-state index contributed by atoms with van der Waals surface area (Å²) in [4.78, 5) is 11.4. The molecular weight excluding hydrogens is 168 g/mol. The van der Waals surface area contributed by atoms with E-state index in [1.165, 1.54) is 0 Å². The summed E-state index contributed by atoms with van der Waals surface area (Å²) in [5.41, 5.74) is 4.90. The fourth-order valence-corrected chi connectivity index (χ4v) is 1.23. The van der Waals surface area contributed by atoms with Gasteiger partial charge in [-0.3, -0.25) is 4.79 Å². The average molecular weight is 186 g/mol. The largest absolute Gasteiger partial charge is 0.394 e. The summed E-state index contributed by atoms with van der Waals surface area (Å²) in [6, 6.07) is 0. The zero-order valence-electron chi connectivity index (χ0n) is 8.26. The normalized spacial score (nSPS) is 19.7. The first kappa shape index (κ1) is 10.5. The number of aliphatic hydroxyl groups is 1. The van der Waals surface area contributed by atoms with Crippen molar-refractivity contribution < 1.29 is 9.90 Å². The molecule has 4 nitrogen and oxygen atoms in total. The van der Waals surface area contributed by atoms with E-state index in [0.29, 0.717) is 6.42 Å². The van der Waals surface area contributed by atoms with E-state index in [1.807, 2.05) is 13.8 Å². The van der Waals surface area contributed by atoms with Crippen LogP contribution >= 0.6 is 0 Å². The number of carbonyl (C=O) groups excluding carboxylic acids is 1. The lowest BCUT2D eigenvalue weighted by Crippen LogP contribution is -2.45. The van der Waals surface area contributed by atoms with E-state index in [1.54, 1.807) is 0 Å². The Morgan fingerprint density at radius 3 is 2.46 bits per heavy atom. The summed E-state index contributed by atoms with van der Waals surface area (Å²) >= 11 is 0. The Labute approximate surface area is 78.5 Å². The molecule has 1 fully saturated rings. The fraction of sp³-hybridized carbons (Fsp3) is 0.889. The van der Waals surface area contributed by atoms with E-state index in [9.17, 15) is 4.79 Å². The molecule has 0 heterocycles. The van der Waals surface area contributed by atoms with Crippen molar-refractivity contribution >= 4 is 5.91 Å². The monoisotopic (exact) mass is 186 g/mol. The molecule has 1 amide bonds. The van der Waals surface area contributed by atoms with E-state index in [-0.39, 0.29) is 18.1 Å². The Morgan fingerprint density at radius 1 is 1.62 bits per heavy atom. The van der Waals surface area contributed by atoms with Crippen molar-refractivity contribution in [3.63, 3.8) is 0 Å². The second kappa shape index (κ2) is 3.27. The summed E-state index contributed by atoms with van der Waals surface area (Å²) in [5, 5.41) is 11.8. The van der Waals surface area contributed by atoms with Gasteiger partial charge < -0.3 is 16.2 Å². The van der Waals surface area contributed by atoms with Crippen LogP contribution in [0.15, 0.2) is 0 Å². The second-order valence-corrected chi connectivity index (χ2v) is 4.65. The summed E-state index contributed by atoms with van der Waals surface area (Å²) < 4.78 is 0. The molecule has 0 bridgehead atoms. The number of hydrogen-bond donors (Lipinski definition) is 3. The zero-order chi connectivity index (χ0) is 10.1. The van der Waals surface area contributed by atoms with Gasteiger partial charge >= 0.3 is 0 Å². The Balaban J connectivity index is 2.34. The average Bonchev–Trinajstić information content (AvgIpc) is 2.65. The number of aliphatic hydroxyl groups excluding tert-OH is 1. The number of amides is 1. The van der Waals surface area contributed by atoms with Gasteiger partial charge in [-0.05, 0) is 26.7 Å². The first-order chi connectivity index (χ1) is 5.87. The second-order valence-electron chi connectivity index (χ2n) is 4.65. The molecule has 0 saturated heterocycles. The molecule has 0 aromatic rings. The van der Waals surface area contributed by atoms with Crippen LogP contribution in [-0.2, 0) is 4.79 Å². The Kier molecular flexibility index (Phi) is 2.63. The minimum absolute atomic E-state index is 0.0315. The molecule has 1 saturated carbocycles. The molecule has 0 aromatic heterocycles. The smallest absolute Gasteiger partial charge is 0.222 e. The Morgan fingerprint density at radius 2 is 2.15 bits per heavy atom. The van der Waals surface area contributed by atoms with Crippen LogP contribution in [0.4, 0.5) is 0 Å². The van der Waals surface area contributed by atoms with Crippen LogP contribution in [0.1, 0.15) is 33.1 Å². The molecule has 76 valence electrons. The molecule has 13 heavy (non-hydrogen) atoms. The standard InChI is InChI=1S/C9H18N2O2/c1-8(2,10)5-7(13)11-9(6-12)3-4-9/h12H,3-6,10H2,1-2H3,(H,11,13). The lowest BCUT2D eigenvalue weighted by Gasteiger charge is -2.20. The van der Waals surface area contributed by atoms with E-state index in [4.69, 9.17) is 10.8 Å². The molecule has 0 aliphatic heterocycles.